The van der Waals surface area contributed by atoms with Crippen molar-refractivity contribution in [1.29, 1.82) is 0 Å². The van der Waals surface area contributed by atoms with Crippen molar-refractivity contribution in [2.24, 2.45) is 0 Å². The number of hydrogen-bond acceptors (Lipinski definition) is 2. The van der Waals surface area contributed by atoms with Gasteiger partial charge in [-0.15, -0.1) is 0 Å². The van der Waals surface area contributed by atoms with E-state index in [4.69, 9.17) is 16.6 Å². The van der Waals surface area contributed by atoms with E-state index in [-0.39, 0.29) is 5.91 Å². The molecule has 0 aliphatic heterocycles. The van der Waals surface area contributed by atoms with Crippen molar-refractivity contribution < 1.29 is 4.79 Å². The van der Waals surface area contributed by atoms with Crippen LogP contribution in [0.3, 0.4) is 0 Å². The van der Waals surface area contributed by atoms with E-state index in [1.807, 2.05) is 55.5 Å². The first-order valence-electron chi connectivity index (χ1n) is 8.09. The van der Waals surface area contributed by atoms with Crippen molar-refractivity contribution in [3.63, 3.8) is 0 Å². The summed E-state index contributed by atoms with van der Waals surface area (Å²) in [4.78, 5) is 17.5. The normalized spacial score (nSPS) is 13.9. The van der Waals surface area contributed by atoms with Gasteiger partial charge in [-0.3, -0.25) is 4.79 Å². The van der Waals surface area contributed by atoms with Gasteiger partial charge < -0.3 is 5.32 Å². The van der Waals surface area contributed by atoms with Crippen molar-refractivity contribution in [1.82, 2.24) is 10.3 Å². The number of benzene rings is 2. The van der Waals surface area contributed by atoms with E-state index in [0.717, 1.165) is 40.6 Å². The molecule has 2 aromatic carbocycles. The Morgan fingerprint density at radius 3 is 2.62 bits per heavy atom. The van der Waals surface area contributed by atoms with Gasteiger partial charge in [-0.1, -0.05) is 48.0 Å². The number of carbonyl (C=O) groups excluding carboxylic acids is 1. The summed E-state index contributed by atoms with van der Waals surface area (Å²) >= 11 is 6.27. The van der Waals surface area contributed by atoms with Crippen LogP contribution in [0.1, 0.15) is 28.8 Å². The number of nitrogens with zero attached hydrogens (tertiary/aromatic N) is 1. The minimum atomic E-state index is -0.0381. The molecule has 3 aromatic rings. The lowest BCUT2D eigenvalue weighted by Gasteiger charge is -2.12. The standard InChI is InChI=1S/C20H17ClN2O/c1-12-17(21)10-9-15-16(20(24)22-14-7-8-14)11-18(23-19(12)15)13-5-3-2-4-6-13/h2-6,9-11,14H,7-8H2,1H3,(H,22,24). The lowest BCUT2D eigenvalue weighted by molar-refractivity contribution is 0.0952. The molecule has 0 saturated heterocycles. The molecule has 4 heteroatoms. The fraction of sp³-hybridized carbons (Fsp3) is 0.200. The molecule has 0 unspecified atom stereocenters. The molecule has 1 fully saturated rings. The van der Waals surface area contributed by atoms with Crippen LogP contribution in [0, 0.1) is 6.92 Å². The molecule has 120 valence electrons. The van der Waals surface area contributed by atoms with Crippen LogP contribution < -0.4 is 5.32 Å². The third kappa shape index (κ3) is 2.76. The molecular formula is C20H17ClN2O. The van der Waals surface area contributed by atoms with Gasteiger partial charge in [0.05, 0.1) is 16.8 Å². The molecule has 0 atom stereocenters. The van der Waals surface area contributed by atoms with Gasteiger partial charge in [-0.25, -0.2) is 4.98 Å². The highest BCUT2D eigenvalue weighted by Crippen LogP contribution is 2.30. The fourth-order valence-corrected chi connectivity index (χ4v) is 2.99. The van der Waals surface area contributed by atoms with Crippen molar-refractivity contribution in [2.75, 3.05) is 0 Å². The minimum absolute atomic E-state index is 0.0381. The number of amides is 1. The summed E-state index contributed by atoms with van der Waals surface area (Å²) in [5.41, 5.74) is 4.11. The SMILES string of the molecule is Cc1c(Cl)ccc2c(C(=O)NC3CC3)cc(-c3ccccc3)nc12. The van der Waals surface area contributed by atoms with Crippen LogP contribution in [0.15, 0.2) is 48.5 Å². The summed E-state index contributed by atoms with van der Waals surface area (Å²) in [6.45, 7) is 1.94. The van der Waals surface area contributed by atoms with E-state index in [2.05, 4.69) is 5.32 Å². The monoisotopic (exact) mass is 336 g/mol. The van der Waals surface area contributed by atoms with E-state index in [0.29, 0.717) is 16.6 Å². The van der Waals surface area contributed by atoms with Crippen LogP contribution in [-0.4, -0.2) is 16.9 Å². The summed E-state index contributed by atoms with van der Waals surface area (Å²) in [6.07, 6.45) is 2.12. The number of hydrogen-bond donors (Lipinski definition) is 1. The third-order valence-electron chi connectivity index (χ3n) is 4.40. The number of aromatic nitrogens is 1. The summed E-state index contributed by atoms with van der Waals surface area (Å²) in [6, 6.07) is 15.8. The third-order valence-corrected chi connectivity index (χ3v) is 4.80. The van der Waals surface area contributed by atoms with Gasteiger partial charge in [0.1, 0.15) is 0 Å². The fourth-order valence-electron chi connectivity index (χ4n) is 2.84. The Labute approximate surface area is 145 Å². The maximum Gasteiger partial charge on any atom is 0.252 e. The Balaban J connectivity index is 1.94. The first kappa shape index (κ1) is 15.2. The molecule has 1 amide bonds. The topological polar surface area (TPSA) is 42.0 Å². The van der Waals surface area contributed by atoms with E-state index in [9.17, 15) is 4.79 Å². The van der Waals surface area contributed by atoms with Crippen LogP contribution in [0.2, 0.25) is 5.02 Å². The zero-order valence-electron chi connectivity index (χ0n) is 13.3. The maximum absolute atomic E-state index is 12.7. The van der Waals surface area contributed by atoms with Gasteiger partial charge in [0.15, 0.2) is 0 Å². The molecule has 1 aromatic heterocycles. The number of rotatable bonds is 3. The Kier molecular flexibility index (Phi) is 3.73. The predicted octanol–water partition coefficient (Wildman–Crippen LogP) is 4.76. The number of halogens is 1. The van der Waals surface area contributed by atoms with Crippen molar-refractivity contribution >= 4 is 28.4 Å². The molecule has 0 spiro atoms. The molecular weight excluding hydrogens is 320 g/mol. The molecule has 1 N–H and O–H groups in total. The number of aryl methyl sites for hydroxylation is 1. The first-order valence-corrected chi connectivity index (χ1v) is 8.47. The van der Waals surface area contributed by atoms with Crippen LogP contribution in [0.5, 0.6) is 0 Å². The predicted molar refractivity (Wildman–Crippen MR) is 97.4 cm³/mol. The van der Waals surface area contributed by atoms with Crippen LogP contribution >= 0.6 is 11.6 Å². The highest BCUT2D eigenvalue weighted by atomic mass is 35.5. The largest absolute Gasteiger partial charge is 0.349 e. The molecule has 0 radical (unpaired) electrons. The second-order valence-electron chi connectivity index (χ2n) is 6.24. The molecule has 1 aliphatic carbocycles. The number of fused-ring (bicyclic) bond motifs is 1. The van der Waals surface area contributed by atoms with Gasteiger partial charge in [-0.05, 0) is 37.5 Å². The summed E-state index contributed by atoms with van der Waals surface area (Å²) in [5.74, 6) is -0.0381. The van der Waals surface area contributed by atoms with Gasteiger partial charge in [0.25, 0.3) is 5.91 Å². The highest BCUT2D eigenvalue weighted by Gasteiger charge is 2.25. The summed E-state index contributed by atoms with van der Waals surface area (Å²) in [5, 5.41) is 4.58. The summed E-state index contributed by atoms with van der Waals surface area (Å²) < 4.78 is 0. The summed E-state index contributed by atoms with van der Waals surface area (Å²) in [7, 11) is 0. The van der Waals surface area contributed by atoms with E-state index < -0.39 is 0 Å². The van der Waals surface area contributed by atoms with Crippen LogP contribution in [0.4, 0.5) is 0 Å². The Hall–Kier alpha value is -2.39. The van der Waals surface area contributed by atoms with Crippen LogP contribution in [-0.2, 0) is 0 Å². The first-order chi connectivity index (χ1) is 11.6. The molecule has 0 bridgehead atoms. The number of nitrogens with one attached hydrogen (secondary N) is 1. The van der Waals surface area contributed by atoms with Crippen molar-refractivity contribution in [2.45, 2.75) is 25.8 Å². The lowest BCUT2D eigenvalue weighted by atomic mass is 10.0. The molecule has 1 heterocycles. The highest BCUT2D eigenvalue weighted by molar-refractivity contribution is 6.32. The quantitative estimate of drug-likeness (QED) is 0.749. The average molecular weight is 337 g/mol. The molecule has 24 heavy (non-hydrogen) atoms. The van der Waals surface area contributed by atoms with Gasteiger partial charge >= 0.3 is 0 Å². The molecule has 1 saturated carbocycles. The number of carbonyl (C=O) groups is 1. The Morgan fingerprint density at radius 2 is 1.92 bits per heavy atom. The van der Waals surface area contributed by atoms with E-state index in [1.54, 1.807) is 0 Å². The zero-order valence-corrected chi connectivity index (χ0v) is 14.1. The Bertz CT molecular complexity index is 933. The zero-order chi connectivity index (χ0) is 16.7. The maximum atomic E-state index is 12.7. The minimum Gasteiger partial charge on any atom is -0.349 e. The van der Waals surface area contributed by atoms with Crippen molar-refractivity contribution in [3.8, 4) is 11.3 Å². The molecule has 1 aliphatic rings. The van der Waals surface area contributed by atoms with Gasteiger partial charge in [0, 0.05) is 22.0 Å². The Morgan fingerprint density at radius 1 is 1.17 bits per heavy atom. The molecule has 4 rings (SSSR count). The van der Waals surface area contributed by atoms with E-state index in [1.165, 1.54) is 0 Å². The molecule has 3 nitrogen and oxygen atoms in total. The van der Waals surface area contributed by atoms with E-state index >= 15 is 0 Å². The van der Waals surface area contributed by atoms with Gasteiger partial charge in [0.2, 0.25) is 0 Å². The lowest BCUT2D eigenvalue weighted by Crippen LogP contribution is -2.25. The van der Waals surface area contributed by atoms with Crippen LogP contribution in [0.25, 0.3) is 22.2 Å². The smallest absolute Gasteiger partial charge is 0.252 e. The second-order valence-corrected chi connectivity index (χ2v) is 6.64. The number of pyridine rings is 1. The second kappa shape index (κ2) is 5.91. The van der Waals surface area contributed by atoms with Crippen molar-refractivity contribution in [3.05, 3.63) is 64.7 Å². The average Bonchev–Trinajstić information content (AvgIpc) is 3.42. The van der Waals surface area contributed by atoms with Gasteiger partial charge in [-0.2, -0.15) is 0 Å².